The lowest BCUT2D eigenvalue weighted by molar-refractivity contribution is 0.988. The van der Waals surface area contributed by atoms with Crippen molar-refractivity contribution in [2.24, 2.45) is 0 Å². The molecule has 1 aliphatic carbocycles. The van der Waals surface area contributed by atoms with Crippen LogP contribution in [-0.4, -0.2) is 9.13 Å². The Morgan fingerprint density at radius 1 is 0.689 bits per heavy atom. The van der Waals surface area contributed by atoms with Crippen molar-refractivity contribution in [1.29, 1.82) is 0 Å². The summed E-state index contributed by atoms with van der Waals surface area (Å²) in [5.41, 5.74) is 9.95. The second-order valence-corrected chi connectivity index (χ2v) is 11.5. The number of hydrogen-bond acceptors (Lipinski definition) is 0. The quantitative estimate of drug-likeness (QED) is 0.158. The van der Waals surface area contributed by atoms with Gasteiger partial charge in [-0.2, -0.15) is 0 Å². The second kappa shape index (κ2) is 12.7. The van der Waals surface area contributed by atoms with E-state index in [0.717, 1.165) is 19.3 Å². The summed E-state index contributed by atoms with van der Waals surface area (Å²) in [4.78, 5) is 0. The first-order chi connectivity index (χ1) is 22.3. The summed E-state index contributed by atoms with van der Waals surface area (Å²) in [6, 6.07) is 32.9. The van der Waals surface area contributed by atoms with Gasteiger partial charge in [-0.25, -0.2) is 0 Å². The summed E-state index contributed by atoms with van der Waals surface area (Å²) < 4.78 is 4.76. The molecule has 1 aliphatic rings. The lowest BCUT2D eigenvalue weighted by Gasteiger charge is -2.09. The highest BCUT2D eigenvalue weighted by molar-refractivity contribution is 6.28. The molecule has 220 valence electrons. The molecule has 2 aromatic heterocycles. The third-order valence-electron chi connectivity index (χ3n) is 8.66. The summed E-state index contributed by atoms with van der Waals surface area (Å²) in [5.74, 6) is 0. The van der Waals surface area contributed by atoms with Gasteiger partial charge < -0.3 is 9.13 Å². The molecule has 7 rings (SSSR count). The molecule has 2 nitrogen and oxygen atoms in total. The molecule has 2 heteroatoms. The van der Waals surface area contributed by atoms with Gasteiger partial charge >= 0.3 is 0 Å². The van der Waals surface area contributed by atoms with Crippen LogP contribution in [-0.2, 0) is 0 Å². The minimum absolute atomic E-state index is 0.830. The van der Waals surface area contributed by atoms with Crippen molar-refractivity contribution in [3.8, 4) is 5.69 Å². The van der Waals surface area contributed by atoms with Crippen molar-refractivity contribution in [3.63, 3.8) is 0 Å². The van der Waals surface area contributed by atoms with Crippen molar-refractivity contribution < 1.29 is 0 Å². The maximum Gasteiger partial charge on any atom is 0.0548 e. The smallest absolute Gasteiger partial charge is 0.0548 e. The highest BCUT2D eigenvalue weighted by Gasteiger charge is 2.18. The topological polar surface area (TPSA) is 9.86 Å². The first-order valence-corrected chi connectivity index (χ1v) is 16.0. The predicted molar refractivity (Wildman–Crippen MR) is 196 cm³/mol. The van der Waals surface area contributed by atoms with E-state index < -0.39 is 0 Å². The van der Waals surface area contributed by atoms with Crippen molar-refractivity contribution in [2.75, 3.05) is 0 Å². The molecule has 0 amide bonds. The number of benzene rings is 4. The highest BCUT2D eigenvalue weighted by atomic mass is 15.0. The van der Waals surface area contributed by atoms with E-state index in [4.69, 9.17) is 0 Å². The minimum atomic E-state index is 0.830. The van der Waals surface area contributed by atoms with Crippen LogP contribution in [0.3, 0.4) is 0 Å². The van der Waals surface area contributed by atoms with E-state index in [1.165, 1.54) is 66.0 Å². The molecule has 0 aliphatic heterocycles. The maximum atomic E-state index is 2.40. The monoisotopic (exact) mass is 582 g/mol. The van der Waals surface area contributed by atoms with Crippen LogP contribution in [0.5, 0.6) is 0 Å². The Kier molecular flexibility index (Phi) is 8.04. The molecule has 0 saturated carbocycles. The van der Waals surface area contributed by atoms with E-state index in [0.29, 0.717) is 0 Å². The van der Waals surface area contributed by atoms with Crippen molar-refractivity contribution in [2.45, 2.75) is 33.1 Å². The largest absolute Gasteiger partial charge is 0.316 e. The Bertz CT molecular complexity index is 2240. The van der Waals surface area contributed by atoms with Gasteiger partial charge in [-0.1, -0.05) is 115 Å². The number of nitrogens with zero attached hydrogens (tertiary/aromatic N) is 2. The average Bonchev–Trinajstić information content (AvgIpc) is 3.59. The molecule has 0 N–H and O–H groups in total. The van der Waals surface area contributed by atoms with E-state index in [1.807, 2.05) is 0 Å². The number of hydrogen-bond donors (Lipinski definition) is 0. The summed E-state index contributed by atoms with van der Waals surface area (Å²) in [7, 11) is 0. The first kappa shape index (κ1) is 28.4. The molecule has 0 unspecified atom stereocenters. The van der Waals surface area contributed by atoms with Gasteiger partial charge in [-0.3, -0.25) is 0 Å². The first-order valence-electron chi connectivity index (χ1n) is 16.0. The standard InChI is InChI=1S/C43H38N2/c1-3-17-33(34(18-4-2)31-32-19-7-5-8-20-32)21-15-16-30-44-38-26-13-11-24-36(38)42-40(44)28-29-41-43(42)37-25-12-14-27-39(37)45(41)35-22-9-6-10-23-35/h3-7,9-14,16-19,21-31H,8,15,20H2,1-2H3/b17-3-,18-4-,30-16?,33-21+,34-31-. The van der Waals surface area contributed by atoms with Gasteiger partial charge in [0.2, 0.25) is 0 Å². The maximum absolute atomic E-state index is 2.40. The normalized spacial score (nSPS) is 14.8. The van der Waals surface area contributed by atoms with Gasteiger partial charge in [0.15, 0.2) is 0 Å². The van der Waals surface area contributed by atoms with Gasteiger partial charge in [0, 0.05) is 33.4 Å². The zero-order chi connectivity index (χ0) is 30.6. The molecule has 0 saturated heterocycles. The number of aromatic nitrogens is 2. The van der Waals surface area contributed by atoms with Gasteiger partial charge in [0.1, 0.15) is 0 Å². The van der Waals surface area contributed by atoms with E-state index >= 15 is 0 Å². The summed E-state index contributed by atoms with van der Waals surface area (Å²) in [6.07, 6.45) is 27.6. The van der Waals surface area contributed by atoms with Crippen molar-refractivity contribution >= 4 is 49.8 Å². The molecular weight excluding hydrogens is 544 g/mol. The van der Waals surface area contributed by atoms with E-state index in [2.05, 4.69) is 181 Å². The van der Waals surface area contributed by atoms with Crippen LogP contribution in [0.25, 0.3) is 55.5 Å². The van der Waals surface area contributed by atoms with Gasteiger partial charge in [0.05, 0.1) is 22.1 Å². The van der Waals surface area contributed by atoms with Crippen molar-refractivity contribution in [1.82, 2.24) is 9.13 Å². The Morgan fingerprint density at radius 2 is 1.36 bits per heavy atom. The molecule has 0 spiro atoms. The highest BCUT2D eigenvalue weighted by Crippen LogP contribution is 2.41. The fraction of sp³-hybridized carbons (Fsp3) is 0.116. The minimum Gasteiger partial charge on any atom is -0.316 e. The molecule has 45 heavy (non-hydrogen) atoms. The van der Waals surface area contributed by atoms with Gasteiger partial charge in [-0.15, -0.1) is 0 Å². The van der Waals surface area contributed by atoms with Crippen LogP contribution in [0.2, 0.25) is 0 Å². The molecule has 6 aromatic rings. The van der Waals surface area contributed by atoms with Crippen LogP contribution in [0.4, 0.5) is 0 Å². The van der Waals surface area contributed by atoms with Crippen LogP contribution < -0.4 is 0 Å². The molecule has 4 aromatic carbocycles. The zero-order valence-electron chi connectivity index (χ0n) is 26.0. The fourth-order valence-electron chi connectivity index (χ4n) is 6.73. The summed E-state index contributed by atoms with van der Waals surface area (Å²) >= 11 is 0. The molecular formula is C43H38N2. The van der Waals surface area contributed by atoms with E-state index in [1.54, 1.807) is 0 Å². The number of para-hydroxylation sites is 3. The summed E-state index contributed by atoms with van der Waals surface area (Å²) in [5, 5.41) is 5.16. The van der Waals surface area contributed by atoms with Gasteiger partial charge in [0.25, 0.3) is 0 Å². The van der Waals surface area contributed by atoms with Crippen LogP contribution in [0.15, 0.2) is 168 Å². The molecule has 0 radical (unpaired) electrons. The van der Waals surface area contributed by atoms with Crippen molar-refractivity contribution in [3.05, 3.63) is 168 Å². The number of fused-ring (bicyclic) bond motifs is 7. The Hall–Kier alpha value is -5.34. The van der Waals surface area contributed by atoms with Crippen LogP contribution in [0, 0.1) is 0 Å². The third-order valence-corrected chi connectivity index (χ3v) is 8.66. The zero-order valence-corrected chi connectivity index (χ0v) is 26.0. The van der Waals surface area contributed by atoms with Gasteiger partial charge in [-0.05, 0) is 86.2 Å². The summed E-state index contributed by atoms with van der Waals surface area (Å²) in [6.45, 7) is 4.18. The molecule has 0 bridgehead atoms. The Morgan fingerprint density at radius 3 is 2.11 bits per heavy atom. The van der Waals surface area contributed by atoms with Crippen LogP contribution >= 0.6 is 0 Å². The predicted octanol–water partition coefficient (Wildman–Crippen LogP) is 12.0. The Labute approximate surface area is 265 Å². The van der Waals surface area contributed by atoms with E-state index in [-0.39, 0.29) is 0 Å². The number of allylic oxidation sites excluding steroid dienone is 13. The average molecular weight is 583 g/mol. The third kappa shape index (κ3) is 5.34. The lowest BCUT2D eigenvalue weighted by Crippen LogP contribution is -1.93. The lowest BCUT2D eigenvalue weighted by atomic mass is 9.97. The Balaban J connectivity index is 1.34. The SMILES string of the molecule is C\C=C/C(=C/C1=CC=CCC1)C(/C=C\C)=C/CC=Cn1c2ccccc2c2c3c4ccccc4n(-c4ccccc4)c3ccc21. The molecule has 0 atom stereocenters. The number of rotatable bonds is 8. The van der Waals surface area contributed by atoms with E-state index in [9.17, 15) is 0 Å². The van der Waals surface area contributed by atoms with Crippen LogP contribution in [0.1, 0.15) is 33.1 Å². The molecule has 2 heterocycles. The molecule has 0 fully saturated rings. The fourth-order valence-corrected chi connectivity index (χ4v) is 6.73. The second-order valence-electron chi connectivity index (χ2n) is 11.5.